The van der Waals surface area contributed by atoms with Crippen LogP contribution < -0.4 is 0 Å². The summed E-state index contributed by atoms with van der Waals surface area (Å²) in [5.41, 5.74) is 0. The van der Waals surface area contributed by atoms with Gasteiger partial charge in [-0.15, -0.1) is 0 Å². The molecule has 0 aromatic rings. The molecule has 0 aliphatic heterocycles. The van der Waals surface area contributed by atoms with E-state index in [4.69, 9.17) is 1.37 Å². The van der Waals surface area contributed by atoms with Crippen molar-refractivity contribution in [2.45, 2.75) is 20.8 Å². The number of rotatable bonds is 6. The molecule has 0 saturated heterocycles. The largest absolute Gasteiger partial charge is 0.306 e. The second kappa shape index (κ2) is 6.44. The van der Waals surface area contributed by atoms with Crippen LogP contribution in [0.4, 0.5) is 0 Å². The monoisotopic (exact) mass is 173 g/mol. The summed E-state index contributed by atoms with van der Waals surface area (Å²) in [7, 11) is 4.12. The van der Waals surface area contributed by atoms with Gasteiger partial charge in [-0.05, 0) is 33.1 Å². The second-order valence-corrected chi connectivity index (χ2v) is 3.55. The average Bonchev–Trinajstić information content (AvgIpc) is 2.14. The van der Waals surface area contributed by atoms with Gasteiger partial charge in [0.15, 0.2) is 0 Å². The highest BCUT2D eigenvalue weighted by Gasteiger charge is 2.06. The normalized spacial score (nSPS) is 18.1. The van der Waals surface area contributed by atoms with Gasteiger partial charge < -0.3 is 9.80 Å². The SMILES string of the molecule is [2H]C(C(C)CN(C)CC)N(C)CC. The van der Waals surface area contributed by atoms with E-state index in [1.165, 1.54) is 0 Å². The molecule has 0 aliphatic carbocycles. The molecule has 0 aromatic carbocycles. The van der Waals surface area contributed by atoms with Crippen LogP contribution in [-0.4, -0.2) is 50.1 Å². The molecule has 0 spiro atoms. The molecule has 74 valence electrons. The highest BCUT2D eigenvalue weighted by molar-refractivity contribution is 4.61. The van der Waals surface area contributed by atoms with Crippen molar-refractivity contribution in [2.75, 3.05) is 40.3 Å². The van der Waals surface area contributed by atoms with E-state index in [2.05, 4.69) is 37.6 Å². The van der Waals surface area contributed by atoms with E-state index in [-0.39, 0.29) is 6.52 Å². The highest BCUT2D eigenvalue weighted by Crippen LogP contribution is 1.99. The fraction of sp³-hybridized carbons (Fsp3) is 1.00. The Morgan fingerprint density at radius 3 is 2.08 bits per heavy atom. The second-order valence-electron chi connectivity index (χ2n) is 3.55. The van der Waals surface area contributed by atoms with Crippen LogP contribution in [0, 0.1) is 5.92 Å². The summed E-state index contributed by atoms with van der Waals surface area (Å²) in [5.74, 6) is 0.412. The minimum Gasteiger partial charge on any atom is -0.306 e. The third-order valence-electron chi connectivity index (χ3n) is 2.15. The van der Waals surface area contributed by atoms with Crippen molar-refractivity contribution in [3.05, 3.63) is 0 Å². The number of nitrogens with zero attached hydrogens (tertiary/aromatic N) is 2. The Kier molecular flexibility index (Phi) is 5.37. The summed E-state index contributed by atoms with van der Waals surface area (Å²) in [4.78, 5) is 4.34. The lowest BCUT2D eigenvalue weighted by atomic mass is 10.1. The maximum atomic E-state index is 7.95. The van der Waals surface area contributed by atoms with E-state index in [1.807, 2.05) is 7.05 Å². The van der Waals surface area contributed by atoms with E-state index in [9.17, 15) is 0 Å². The Morgan fingerprint density at radius 1 is 1.17 bits per heavy atom. The van der Waals surface area contributed by atoms with Crippen LogP contribution in [0.5, 0.6) is 0 Å². The maximum absolute atomic E-state index is 7.95. The maximum Gasteiger partial charge on any atom is 0.0434 e. The van der Waals surface area contributed by atoms with Crippen LogP contribution in [0.2, 0.25) is 0 Å². The van der Waals surface area contributed by atoms with Crippen molar-refractivity contribution >= 4 is 0 Å². The smallest absolute Gasteiger partial charge is 0.0434 e. The standard InChI is InChI=1S/C10H24N2/c1-6-11(4)8-10(3)9-12(5)7-2/h10H,6-9H2,1-5H3/i8D. The highest BCUT2D eigenvalue weighted by atomic mass is 15.1. The third kappa shape index (κ3) is 5.56. The van der Waals surface area contributed by atoms with Crippen LogP contribution in [0.15, 0.2) is 0 Å². The van der Waals surface area contributed by atoms with Gasteiger partial charge in [-0.3, -0.25) is 0 Å². The Labute approximate surface area is 78.9 Å². The van der Waals surface area contributed by atoms with E-state index in [0.717, 1.165) is 19.6 Å². The summed E-state index contributed by atoms with van der Waals surface area (Å²) in [5, 5.41) is 0. The minimum atomic E-state index is -0.0704. The molecule has 0 aliphatic rings. The van der Waals surface area contributed by atoms with Gasteiger partial charge in [0.25, 0.3) is 0 Å². The first-order valence-corrected chi connectivity index (χ1v) is 4.83. The summed E-state index contributed by atoms with van der Waals surface area (Å²) < 4.78 is 7.95. The van der Waals surface area contributed by atoms with Gasteiger partial charge in [0.05, 0.1) is 0 Å². The molecule has 0 amide bonds. The topological polar surface area (TPSA) is 6.48 Å². The van der Waals surface area contributed by atoms with E-state index in [0.29, 0.717) is 5.92 Å². The lowest BCUT2D eigenvalue weighted by Crippen LogP contribution is -2.32. The van der Waals surface area contributed by atoms with Gasteiger partial charge in [0.1, 0.15) is 0 Å². The van der Waals surface area contributed by atoms with E-state index in [1.54, 1.807) is 0 Å². The first-order valence-electron chi connectivity index (χ1n) is 5.41. The first kappa shape index (κ1) is 10.0. The molecule has 0 bridgehead atoms. The zero-order chi connectivity index (χ0) is 10.4. The van der Waals surface area contributed by atoms with Gasteiger partial charge in [-0.1, -0.05) is 20.8 Å². The lowest BCUT2D eigenvalue weighted by molar-refractivity contribution is 0.236. The molecule has 0 rings (SSSR count). The van der Waals surface area contributed by atoms with Gasteiger partial charge in [0, 0.05) is 14.4 Å². The molecule has 2 atom stereocenters. The van der Waals surface area contributed by atoms with Gasteiger partial charge in [0.2, 0.25) is 0 Å². The Morgan fingerprint density at radius 2 is 1.67 bits per heavy atom. The van der Waals surface area contributed by atoms with E-state index >= 15 is 0 Å². The van der Waals surface area contributed by atoms with Crippen LogP contribution in [-0.2, 0) is 0 Å². The summed E-state index contributed by atoms with van der Waals surface area (Å²) in [6.07, 6.45) is 0. The lowest BCUT2D eigenvalue weighted by Gasteiger charge is -2.23. The Bertz CT molecular complexity index is 130. The van der Waals surface area contributed by atoms with Crippen LogP contribution in [0.25, 0.3) is 0 Å². The summed E-state index contributed by atoms with van der Waals surface area (Å²) in [6, 6.07) is 0. The average molecular weight is 173 g/mol. The molecule has 0 saturated carbocycles. The van der Waals surface area contributed by atoms with Crippen molar-refractivity contribution in [1.82, 2.24) is 9.80 Å². The number of hydrogen-bond donors (Lipinski definition) is 0. The molecular weight excluding hydrogens is 148 g/mol. The molecule has 0 heterocycles. The van der Waals surface area contributed by atoms with Crippen LogP contribution in [0.1, 0.15) is 22.1 Å². The molecule has 0 fully saturated rings. The summed E-state index contributed by atoms with van der Waals surface area (Å²) >= 11 is 0. The number of hydrogen-bond acceptors (Lipinski definition) is 2. The van der Waals surface area contributed by atoms with Gasteiger partial charge in [-0.25, -0.2) is 0 Å². The van der Waals surface area contributed by atoms with Crippen molar-refractivity contribution in [3.63, 3.8) is 0 Å². The predicted molar refractivity (Wildman–Crippen MR) is 55.5 cm³/mol. The fourth-order valence-electron chi connectivity index (χ4n) is 1.21. The first-order chi connectivity index (χ1) is 6.02. The van der Waals surface area contributed by atoms with Crippen LogP contribution in [0.3, 0.4) is 0 Å². The quantitative estimate of drug-likeness (QED) is 0.601. The molecule has 0 radical (unpaired) electrons. The molecule has 0 N–H and O–H groups in total. The van der Waals surface area contributed by atoms with Crippen molar-refractivity contribution in [2.24, 2.45) is 5.92 Å². The van der Waals surface area contributed by atoms with E-state index < -0.39 is 0 Å². The van der Waals surface area contributed by atoms with Crippen molar-refractivity contribution in [3.8, 4) is 0 Å². The molecule has 2 unspecified atom stereocenters. The Hall–Kier alpha value is -0.0800. The minimum absolute atomic E-state index is 0.0704. The zero-order valence-corrected chi connectivity index (χ0v) is 9.17. The molecule has 0 aromatic heterocycles. The van der Waals surface area contributed by atoms with Gasteiger partial charge >= 0.3 is 0 Å². The zero-order valence-electron chi connectivity index (χ0n) is 10.2. The van der Waals surface area contributed by atoms with Crippen molar-refractivity contribution in [1.29, 1.82) is 0 Å². The fourth-order valence-corrected chi connectivity index (χ4v) is 1.21. The molecule has 2 heteroatoms. The molecular formula is C10H24N2. The van der Waals surface area contributed by atoms with Gasteiger partial charge in [-0.2, -0.15) is 0 Å². The van der Waals surface area contributed by atoms with Crippen molar-refractivity contribution < 1.29 is 1.37 Å². The predicted octanol–water partition coefficient (Wildman–Crippen LogP) is 1.53. The van der Waals surface area contributed by atoms with Crippen LogP contribution >= 0.6 is 0 Å². The Balaban J connectivity index is 3.87. The summed E-state index contributed by atoms with van der Waals surface area (Å²) in [6.45, 7) is 9.35. The third-order valence-corrected chi connectivity index (χ3v) is 2.15. The molecule has 12 heavy (non-hydrogen) atoms. The molecule has 2 nitrogen and oxygen atoms in total.